The van der Waals surface area contributed by atoms with E-state index in [0.29, 0.717) is 0 Å². The van der Waals surface area contributed by atoms with Crippen molar-refractivity contribution in [1.82, 2.24) is 0 Å². The minimum atomic E-state index is -1.18. The third kappa shape index (κ3) is 43.8. The van der Waals surface area contributed by atoms with Crippen LogP contribution in [-0.2, 0) is 0 Å². The van der Waals surface area contributed by atoms with Crippen molar-refractivity contribution < 1.29 is 0 Å². The average molecular weight is 793 g/mol. The Morgan fingerprint density at radius 3 is 0.382 bits per heavy atom. The summed E-state index contributed by atoms with van der Waals surface area (Å²) < 4.78 is 0. The zero-order valence-corrected chi connectivity index (χ0v) is 40.9. The van der Waals surface area contributed by atoms with Gasteiger partial charge in [0.1, 0.15) is 0 Å². The Balaban J connectivity index is 4.89. The molecule has 334 valence electrons. The topological polar surface area (TPSA) is 0 Å². The quantitative estimate of drug-likeness (QED) is 0.0425. The first-order chi connectivity index (χ1) is 27.2. The van der Waals surface area contributed by atoms with Crippen molar-refractivity contribution in [1.29, 1.82) is 0 Å². The minimum Gasteiger partial charge on any atom is -0.0654 e. The van der Waals surface area contributed by atoms with Crippen molar-refractivity contribution in [3.05, 3.63) is 0 Å². The monoisotopic (exact) mass is 793 g/mol. The first kappa shape index (κ1) is 55.4. The Kier molecular flexibility index (Phi) is 49.2. The maximum atomic E-state index is 2.34. The van der Waals surface area contributed by atoms with E-state index in [9.17, 15) is 0 Å². The molecule has 0 radical (unpaired) electrons. The van der Waals surface area contributed by atoms with Gasteiger partial charge in [-0.3, -0.25) is 0 Å². The van der Waals surface area contributed by atoms with Crippen LogP contribution in [0.1, 0.15) is 323 Å². The van der Waals surface area contributed by atoms with E-state index in [2.05, 4.69) is 27.7 Å². The summed E-state index contributed by atoms with van der Waals surface area (Å²) in [5.74, 6) is 0. The smallest absolute Gasteiger partial charge is 0.0654 e. The molecule has 0 spiro atoms. The van der Waals surface area contributed by atoms with E-state index in [4.69, 9.17) is 0 Å². The molecule has 0 bridgehead atoms. The molecule has 0 unspecified atom stereocenters. The standard InChI is InChI=1S/C54H113P/c1-5-9-13-17-21-25-29-30-34-38-42-46-50-54-55(51-47-43-39-35-31-26-22-18-14-10-6-2,52-48-44-40-36-32-27-23-19-15-11-7-3)53-49-45-41-37-33-28-24-20-16-12-8-4/h55H,5-54H2,1-4H3. The molecular weight excluding hydrogens is 680 g/mol. The van der Waals surface area contributed by atoms with Gasteiger partial charge in [0.05, 0.1) is 0 Å². The van der Waals surface area contributed by atoms with Crippen molar-refractivity contribution in [3.63, 3.8) is 0 Å². The third-order valence-corrected chi connectivity index (χ3v) is 19.4. The SMILES string of the molecule is CCCCCCCCCCCCCCC[PH](CCCCCCCCCCCCC)(CCCCCCCCCCCCC)CCCCCCCCCCCCC. The molecule has 0 nitrogen and oxygen atoms in total. The van der Waals surface area contributed by atoms with Gasteiger partial charge in [0, 0.05) is 0 Å². The Labute approximate surface area is 353 Å². The van der Waals surface area contributed by atoms with Crippen LogP contribution in [0.2, 0.25) is 0 Å². The van der Waals surface area contributed by atoms with E-state index >= 15 is 0 Å². The maximum absolute atomic E-state index is 2.34. The number of hydrogen-bond acceptors (Lipinski definition) is 0. The normalized spacial score (nSPS) is 12.3. The van der Waals surface area contributed by atoms with Crippen LogP contribution in [0.3, 0.4) is 0 Å². The average Bonchev–Trinajstić information content (AvgIpc) is 3.19. The summed E-state index contributed by atoms with van der Waals surface area (Å²) in [5.41, 5.74) is 0. The molecule has 55 heavy (non-hydrogen) atoms. The minimum absolute atomic E-state index is 1.18. The second-order valence-electron chi connectivity index (χ2n) is 19.3. The molecule has 0 saturated carbocycles. The van der Waals surface area contributed by atoms with Crippen molar-refractivity contribution in [2.45, 2.75) is 323 Å². The number of rotatable bonds is 50. The summed E-state index contributed by atoms with van der Waals surface area (Å²) >= 11 is 0. The fourth-order valence-corrected chi connectivity index (χ4v) is 15.3. The van der Waals surface area contributed by atoms with Gasteiger partial charge < -0.3 is 0 Å². The second-order valence-corrected chi connectivity index (χ2v) is 24.3. The fourth-order valence-electron chi connectivity index (χ4n) is 9.76. The zero-order valence-electron chi connectivity index (χ0n) is 39.9. The molecule has 0 aliphatic rings. The molecule has 0 aromatic heterocycles. The summed E-state index contributed by atoms with van der Waals surface area (Å²) in [6, 6.07) is 0. The van der Waals surface area contributed by atoms with Crippen LogP contribution in [0.5, 0.6) is 0 Å². The molecule has 0 heterocycles. The number of hydrogen-bond donors (Lipinski definition) is 0. The van der Waals surface area contributed by atoms with Gasteiger partial charge in [0.15, 0.2) is 0 Å². The fraction of sp³-hybridized carbons (Fsp3) is 1.00. The van der Waals surface area contributed by atoms with Crippen LogP contribution >= 0.6 is 7.26 Å². The van der Waals surface area contributed by atoms with Gasteiger partial charge in [-0.2, -0.15) is 0 Å². The first-order valence-corrected chi connectivity index (χ1v) is 30.1. The molecule has 0 aromatic rings. The van der Waals surface area contributed by atoms with Gasteiger partial charge in [0.2, 0.25) is 0 Å². The molecule has 0 rings (SSSR count). The molecule has 1 heteroatoms. The van der Waals surface area contributed by atoms with Gasteiger partial charge in [-0.25, -0.2) is 0 Å². The van der Waals surface area contributed by atoms with Crippen LogP contribution in [-0.4, -0.2) is 24.6 Å². The van der Waals surface area contributed by atoms with E-state index in [1.54, 1.807) is 76.0 Å². The van der Waals surface area contributed by atoms with Gasteiger partial charge >= 0.3 is 314 Å². The van der Waals surface area contributed by atoms with E-state index < -0.39 is 7.26 Å². The molecule has 0 atom stereocenters. The Bertz CT molecular complexity index is 591. The van der Waals surface area contributed by atoms with Crippen LogP contribution < -0.4 is 0 Å². The third-order valence-electron chi connectivity index (χ3n) is 13.7. The van der Waals surface area contributed by atoms with E-state index in [1.165, 1.54) is 244 Å². The summed E-state index contributed by atoms with van der Waals surface area (Å²) in [7, 11) is -1.18. The molecule has 0 amide bonds. The van der Waals surface area contributed by atoms with E-state index in [0.717, 1.165) is 0 Å². The molecule has 0 N–H and O–H groups in total. The van der Waals surface area contributed by atoms with Crippen molar-refractivity contribution in [3.8, 4) is 0 Å². The van der Waals surface area contributed by atoms with Crippen LogP contribution in [0, 0.1) is 0 Å². The van der Waals surface area contributed by atoms with Crippen LogP contribution in [0.25, 0.3) is 0 Å². The summed E-state index contributed by atoms with van der Waals surface area (Å²) in [6.45, 7) is 9.35. The van der Waals surface area contributed by atoms with Gasteiger partial charge in [-0.05, 0) is 0 Å². The predicted molar refractivity (Wildman–Crippen MR) is 263 cm³/mol. The van der Waals surface area contributed by atoms with Crippen LogP contribution in [0.15, 0.2) is 0 Å². The van der Waals surface area contributed by atoms with E-state index in [-0.39, 0.29) is 0 Å². The van der Waals surface area contributed by atoms with Crippen molar-refractivity contribution >= 4 is 7.26 Å². The molecule has 0 aliphatic carbocycles. The summed E-state index contributed by atoms with van der Waals surface area (Å²) in [5, 5.41) is 0. The molecular formula is C54H113P. The molecule has 0 saturated heterocycles. The van der Waals surface area contributed by atoms with Gasteiger partial charge in [-0.15, -0.1) is 0 Å². The van der Waals surface area contributed by atoms with Gasteiger partial charge in [0.25, 0.3) is 0 Å². The Hall–Kier alpha value is 0.430. The Morgan fingerprint density at radius 2 is 0.255 bits per heavy atom. The Morgan fingerprint density at radius 1 is 0.145 bits per heavy atom. The number of unbranched alkanes of at least 4 members (excludes halogenated alkanes) is 42. The van der Waals surface area contributed by atoms with E-state index in [1.807, 2.05) is 0 Å². The van der Waals surface area contributed by atoms with Crippen LogP contribution in [0.4, 0.5) is 0 Å². The molecule has 0 aliphatic heterocycles. The summed E-state index contributed by atoms with van der Waals surface area (Å²) in [6.07, 6.45) is 75.5. The van der Waals surface area contributed by atoms with Crippen molar-refractivity contribution in [2.24, 2.45) is 0 Å². The van der Waals surface area contributed by atoms with Crippen molar-refractivity contribution in [2.75, 3.05) is 24.6 Å². The molecule has 0 aromatic carbocycles. The zero-order chi connectivity index (χ0) is 39.9. The second kappa shape index (κ2) is 48.8. The molecule has 0 fully saturated rings. The van der Waals surface area contributed by atoms with Gasteiger partial charge in [-0.1, -0.05) is 40.5 Å². The summed E-state index contributed by atoms with van der Waals surface area (Å²) in [4.78, 5) is 0. The predicted octanol–water partition coefficient (Wildman–Crippen LogP) is 20.8. The first-order valence-electron chi connectivity index (χ1n) is 27.2.